The minimum absolute atomic E-state index is 0.714. The first-order valence-corrected chi connectivity index (χ1v) is 5.37. The first kappa shape index (κ1) is 9.21. The Morgan fingerprint density at radius 1 is 1.19 bits per heavy atom. The van der Waals surface area contributed by atoms with Crippen molar-refractivity contribution in [1.29, 1.82) is 0 Å². The number of para-hydroxylation sites is 1. The lowest BCUT2D eigenvalue weighted by molar-refractivity contribution is 0.975. The van der Waals surface area contributed by atoms with Crippen molar-refractivity contribution in [3.8, 4) is 11.1 Å². The minimum Gasteiger partial charge on any atom is -0.254 e. The number of benzene rings is 1. The molecule has 1 aromatic heterocycles. The van der Waals surface area contributed by atoms with E-state index in [1.165, 1.54) is 0 Å². The van der Waals surface area contributed by atoms with Gasteiger partial charge in [-0.1, -0.05) is 19.1 Å². The molecule has 0 saturated heterocycles. The third kappa shape index (κ3) is 1.05. The normalized spacial score (nSPS) is 12.4. The molecule has 0 fully saturated rings. The first-order valence-electron chi connectivity index (χ1n) is 5.37. The minimum atomic E-state index is 0.714. The molecule has 3 rings (SSSR count). The summed E-state index contributed by atoms with van der Waals surface area (Å²) in [5.41, 5.74) is 4.30. The summed E-state index contributed by atoms with van der Waals surface area (Å²) < 4.78 is 0.997. The molecule has 78 valence electrons. The molecule has 0 aliphatic carbocycles. The molecule has 0 spiro atoms. The lowest BCUT2D eigenvalue weighted by Crippen LogP contribution is -1.98. The topological polar surface area (TPSA) is 33.0 Å². The van der Waals surface area contributed by atoms with Crippen molar-refractivity contribution in [3.05, 3.63) is 47.1 Å². The number of pyridine rings is 1. The molecule has 0 unspecified atom stereocenters. The van der Waals surface area contributed by atoms with Crippen molar-refractivity contribution in [3.63, 3.8) is 0 Å². The highest BCUT2D eigenvalue weighted by Crippen LogP contribution is 2.45. The third-order valence-corrected chi connectivity index (χ3v) is 2.95. The average Bonchev–Trinajstić information content (AvgIpc) is 2.64. The van der Waals surface area contributed by atoms with E-state index in [1.54, 1.807) is 6.20 Å². The second kappa shape index (κ2) is 3.23. The third-order valence-electron chi connectivity index (χ3n) is 2.95. The van der Waals surface area contributed by atoms with Gasteiger partial charge in [-0.25, -0.2) is 0 Å². The van der Waals surface area contributed by atoms with E-state index in [0.717, 1.165) is 33.7 Å². The average molecular weight is 211 g/mol. The van der Waals surface area contributed by atoms with Gasteiger partial charge in [0.1, 0.15) is 5.69 Å². The van der Waals surface area contributed by atoms with Crippen molar-refractivity contribution in [1.82, 2.24) is 9.74 Å². The number of aromatic nitrogens is 1. The Morgan fingerprint density at radius 2 is 2.00 bits per heavy atom. The van der Waals surface area contributed by atoms with Crippen LogP contribution in [0.2, 0.25) is 0 Å². The lowest BCUT2D eigenvalue weighted by atomic mass is 10.1. The van der Waals surface area contributed by atoms with Crippen LogP contribution in [0.25, 0.3) is 11.1 Å². The summed E-state index contributed by atoms with van der Waals surface area (Å²) in [6, 6.07) is 9.57. The standard InChI is InChI=1S/C13H11N2O/c1-2-11-13-10(7-8-14-11)9-5-3-4-6-12(9)15(13)16/h3-8H,2H2,1H3/q+1. The molecule has 0 saturated carbocycles. The summed E-state index contributed by atoms with van der Waals surface area (Å²) in [5, 5.41) is 0. The summed E-state index contributed by atoms with van der Waals surface area (Å²) >= 11 is 0. The molecule has 2 heterocycles. The van der Waals surface area contributed by atoms with E-state index in [0.29, 0.717) is 5.69 Å². The SMILES string of the molecule is CCc1nccc2c1[N+](=O)c1ccccc1-2. The van der Waals surface area contributed by atoms with Gasteiger partial charge in [0.25, 0.3) is 11.4 Å². The monoisotopic (exact) mass is 211 g/mol. The van der Waals surface area contributed by atoms with Crippen molar-refractivity contribution < 1.29 is 0 Å². The Bertz CT molecular complexity index is 590. The van der Waals surface area contributed by atoms with Gasteiger partial charge in [0, 0.05) is 17.2 Å². The van der Waals surface area contributed by atoms with Crippen molar-refractivity contribution >= 4 is 11.4 Å². The van der Waals surface area contributed by atoms with Crippen LogP contribution in [0.15, 0.2) is 36.5 Å². The summed E-state index contributed by atoms with van der Waals surface area (Å²) in [4.78, 5) is 16.4. The highest BCUT2D eigenvalue weighted by Gasteiger charge is 2.37. The van der Waals surface area contributed by atoms with Gasteiger partial charge in [-0.3, -0.25) is 4.98 Å². The molecule has 0 radical (unpaired) electrons. The van der Waals surface area contributed by atoms with Gasteiger partial charge in [0.05, 0.1) is 15.9 Å². The lowest BCUT2D eigenvalue weighted by Gasteiger charge is -1.96. The van der Waals surface area contributed by atoms with E-state index in [2.05, 4.69) is 4.98 Å². The van der Waals surface area contributed by atoms with E-state index in [9.17, 15) is 4.91 Å². The fourth-order valence-corrected chi connectivity index (χ4v) is 2.20. The summed E-state index contributed by atoms with van der Waals surface area (Å²) in [5.74, 6) is 0. The van der Waals surface area contributed by atoms with E-state index in [4.69, 9.17) is 0 Å². The molecule has 3 nitrogen and oxygen atoms in total. The number of aryl methyl sites for hydroxylation is 1. The summed E-state index contributed by atoms with van der Waals surface area (Å²) in [6.07, 6.45) is 2.55. The van der Waals surface area contributed by atoms with Crippen LogP contribution in [0, 0.1) is 4.91 Å². The van der Waals surface area contributed by atoms with Crippen LogP contribution in [0.1, 0.15) is 12.6 Å². The van der Waals surface area contributed by atoms with Gasteiger partial charge in [0.15, 0.2) is 0 Å². The van der Waals surface area contributed by atoms with Crippen LogP contribution in [-0.4, -0.2) is 4.98 Å². The highest BCUT2D eigenvalue weighted by atomic mass is 16.3. The fourth-order valence-electron chi connectivity index (χ4n) is 2.20. The smallest absolute Gasteiger partial charge is 0.254 e. The van der Waals surface area contributed by atoms with E-state index < -0.39 is 0 Å². The van der Waals surface area contributed by atoms with Crippen molar-refractivity contribution in [2.75, 3.05) is 0 Å². The summed E-state index contributed by atoms with van der Waals surface area (Å²) in [6.45, 7) is 2.01. The van der Waals surface area contributed by atoms with Gasteiger partial charge >= 0.3 is 0 Å². The zero-order chi connectivity index (χ0) is 11.1. The summed E-state index contributed by atoms with van der Waals surface area (Å²) in [7, 11) is 0. The van der Waals surface area contributed by atoms with E-state index in [-0.39, 0.29) is 0 Å². The number of rotatable bonds is 1. The number of nitroso groups, excluding NO2 is 1. The molecular weight excluding hydrogens is 200 g/mol. The second-order valence-electron chi connectivity index (χ2n) is 3.82. The predicted molar refractivity (Wildman–Crippen MR) is 63.9 cm³/mol. The first-order chi connectivity index (χ1) is 7.83. The Morgan fingerprint density at radius 3 is 2.81 bits per heavy atom. The van der Waals surface area contributed by atoms with Crippen LogP contribution in [0.4, 0.5) is 11.4 Å². The molecule has 0 N–H and O–H groups in total. The molecule has 1 aliphatic rings. The molecular formula is C13H11N2O+. The predicted octanol–water partition coefficient (Wildman–Crippen LogP) is 3.23. The molecule has 2 aromatic rings. The Hall–Kier alpha value is -2.03. The number of nitrogens with zero attached hydrogens (tertiary/aromatic N) is 2. The molecule has 3 heteroatoms. The number of hydrogen-bond acceptors (Lipinski definition) is 2. The van der Waals surface area contributed by atoms with Crippen LogP contribution in [0.5, 0.6) is 0 Å². The molecule has 1 aliphatic heterocycles. The maximum Gasteiger partial charge on any atom is 0.292 e. The van der Waals surface area contributed by atoms with Gasteiger partial charge in [-0.05, 0) is 18.6 Å². The van der Waals surface area contributed by atoms with E-state index in [1.807, 2.05) is 37.3 Å². The maximum atomic E-state index is 12.1. The van der Waals surface area contributed by atoms with Gasteiger partial charge in [0.2, 0.25) is 0 Å². The zero-order valence-electron chi connectivity index (χ0n) is 8.97. The van der Waals surface area contributed by atoms with Crippen LogP contribution < -0.4 is 4.76 Å². The largest absolute Gasteiger partial charge is 0.292 e. The van der Waals surface area contributed by atoms with Gasteiger partial charge < -0.3 is 0 Å². The van der Waals surface area contributed by atoms with Gasteiger partial charge in [-0.2, -0.15) is 0 Å². The van der Waals surface area contributed by atoms with Crippen LogP contribution in [0.3, 0.4) is 0 Å². The van der Waals surface area contributed by atoms with Crippen LogP contribution in [-0.2, 0) is 6.42 Å². The zero-order valence-corrected chi connectivity index (χ0v) is 8.97. The molecule has 0 bridgehead atoms. The molecule has 0 amide bonds. The number of hydrogen-bond donors (Lipinski definition) is 0. The van der Waals surface area contributed by atoms with Crippen molar-refractivity contribution in [2.24, 2.45) is 0 Å². The molecule has 16 heavy (non-hydrogen) atoms. The molecule has 0 atom stereocenters. The van der Waals surface area contributed by atoms with Crippen molar-refractivity contribution in [2.45, 2.75) is 13.3 Å². The van der Waals surface area contributed by atoms with Gasteiger partial charge in [-0.15, -0.1) is 0 Å². The number of fused-ring (bicyclic) bond motifs is 3. The highest BCUT2D eigenvalue weighted by molar-refractivity contribution is 5.92. The quantitative estimate of drug-likeness (QED) is 0.579. The Balaban J connectivity index is 2.37. The van der Waals surface area contributed by atoms with Crippen LogP contribution >= 0.6 is 0 Å². The fraction of sp³-hybridized carbons (Fsp3) is 0.154. The second-order valence-corrected chi connectivity index (χ2v) is 3.82. The molecule has 1 aromatic carbocycles. The maximum absolute atomic E-state index is 12.1. The Labute approximate surface area is 93.3 Å². The van der Waals surface area contributed by atoms with E-state index >= 15 is 0 Å². The Kier molecular flexibility index (Phi) is 1.86.